The number of rotatable bonds is 1. The first-order valence-corrected chi connectivity index (χ1v) is 3.68. The molecule has 2 atom stereocenters. The molecule has 2 unspecified atom stereocenters. The quantitative estimate of drug-likeness (QED) is 0.623. The molecule has 0 amide bonds. The van der Waals surface area contributed by atoms with Gasteiger partial charge in [0.05, 0.1) is 24.3 Å². The Labute approximate surface area is 69.8 Å². The van der Waals surface area contributed by atoms with Gasteiger partial charge in [-0.15, -0.1) is 0 Å². The Morgan fingerprint density at radius 2 is 2.42 bits per heavy atom. The van der Waals surface area contributed by atoms with E-state index in [2.05, 4.69) is 12.1 Å². The minimum Gasteiger partial charge on any atom is -0.468 e. The third-order valence-corrected chi connectivity index (χ3v) is 2.28. The highest BCUT2D eigenvalue weighted by Gasteiger charge is 2.59. The fraction of sp³-hybridized carbons (Fsp3) is 0.333. The molecule has 1 aliphatic rings. The lowest BCUT2D eigenvalue weighted by molar-refractivity contribution is 0.481. The molecule has 3 heteroatoms. The van der Waals surface area contributed by atoms with E-state index in [9.17, 15) is 0 Å². The molecule has 12 heavy (non-hydrogen) atoms. The maximum atomic E-state index is 8.87. The first kappa shape index (κ1) is 6.94. The van der Waals surface area contributed by atoms with Crippen LogP contribution in [0.4, 0.5) is 0 Å². The zero-order valence-corrected chi connectivity index (χ0v) is 6.32. The van der Waals surface area contributed by atoms with Crippen molar-refractivity contribution in [1.82, 2.24) is 0 Å². The molecule has 1 aromatic heterocycles. The molecule has 0 saturated heterocycles. The van der Waals surface area contributed by atoms with Crippen molar-refractivity contribution in [3.63, 3.8) is 0 Å². The molecule has 0 aliphatic heterocycles. The van der Waals surface area contributed by atoms with Crippen LogP contribution in [0.3, 0.4) is 0 Å². The molecular weight excluding hydrogens is 152 g/mol. The molecule has 1 heterocycles. The summed E-state index contributed by atoms with van der Waals surface area (Å²) in [5.41, 5.74) is -0.641. The minimum atomic E-state index is -0.641. The van der Waals surface area contributed by atoms with Crippen LogP contribution in [0, 0.1) is 28.6 Å². The largest absolute Gasteiger partial charge is 0.468 e. The molecule has 3 nitrogen and oxygen atoms in total. The standard InChI is InChI=1S/C9H6N2O/c10-5-7-4-9(7,6-11)8-2-1-3-12-8/h1-3,7H,4H2. The number of furan rings is 1. The lowest BCUT2D eigenvalue weighted by atomic mass is 10.0. The molecule has 58 valence electrons. The molecule has 0 aromatic carbocycles. The summed E-state index contributed by atoms with van der Waals surface area (Å²) in [5, 5.41) is 17.5. The minimum absolute atomic E-state index is 0.186. The van der Waals surface area contributed by atoms with E-state index in [1.165, 1.54) is 6.26 Å². The first-order chi connectivity index (χ1) is 5.83. The number of hydrogen-bond acceptors (Lipinski definition) is 3. The van der Waals surface area contributed by atoms with Gasteiger partial charge in [0.1, 0.15) is 11.2 Å². The Bertz CT molecular complexity index is 368. The Morgan fingerprint density at radius 1 is 1.58 bits per heavy atom. The maximum Gasteiger partial charge on any atom is 0.132 e. The molecule has 1 saturated carbocycles. The normalized spacial score (nSPS) is 32.0. The summed E-state index contributed by atoms with van der Waals surface area (Å²) in [6.45, 7) is 0. The Kier molecular flexibility index (Phi) is 1.23. The third kappa shape index (κ3) is 0.682. The van der Waals surface area contributed by atoms with Crippen LogP contribution in [0.5, 0.6) is 0 Å². The smallest absolute Gasteiger partial charge is 0.132 e. The lowest BCUT2D eigenvalue weighted by Gasteiger charge is -1.98. The molecular formula is C9H6N2O. The van der Waals surface area contributed by atoms with Crippen molar-refractivity contribution in [3.05, 3.63) is 24.2 Å². The van der Waals surface area contributed by atoms with Gasteiger partial charge >= 0.3 is 0 Å². The highest BCUT2D eigenvalue weighted by Crippen LogP contribution is 2.53. The van der Waals surface area contributed by atoms with Gasteiger partial charge in [0.25, 0.3) is 0 Å². The van der Waals surface area contributed by atoms with Crippen LogP contribution in [0.1, 0.15) is 12.2 Å². The van der Waals surface area contributed by atoms with Crippen LogP contribution in [0.25, 0.3) is 0 Å². The third-order valence-electron chi connectivity index (χ3n) is 2.28. The summed E-state index contributed by atoms with van der Waals surface area (Å²) in [6.07, 6.45) is 2.13. The van der Waals surface area contributed by atoms with E-state index >= 15 is 0 Å². The summed E-state index contributed by atoms with van der Waals surface area (Å²) in [6, 6.07) is 7.71. The van der Waals surface area contributed by atoms with E-state index in [0.717, 1.165) is 0 Å². The first-order valence-electron chi connectivity index (χ1n) is 3.68. The number of hydrogen-bond donors (Lipinski definition) is 0. The van der Waals surface area contributed by atoms with Gasteiger partial charge < -0.3 is 4.42 Å². The zero-order valence-electron chi connectivity index (χ0n) is 6.32. The van der Waals surface area contributed by atoms with E-state index in [1.807, 2.05) is 0 Å². The number of nitrogens with zero attached hydrogens (tertiary/aromatic N) is 2. The molecule has 0 radical (unpaired) electrons. The molecule has 0 spiro atoms. The Balaban J connectivity index is 2.37. The Hall–Kier alpha value is -1.74. The molecule has 1 aromatic rings. The molecule has 2 rings (SSSR count). The zero-order chi connectivity index (χ0) is 8.60. The maximum absolute atomic E-state index is 8.87. The van der Waals surface area contributed by atoms with Crippen LogP contribution < -0.4 is 0 Å². The predicted molar refractivity (Wildman–Crippen MR) is 39.7 cm³/mol. The SMILES string of the molecule is N#CC1CC1(C#N)c1ccco1. The van der Waals surface area contributed by atoms with Crippen LogP contribution in [-0.2, 0) is 5.41 Å². The molecule has 1 fully saturated rings. The van der Waals surface area contributed by atoms with Crippen molar-refractivity contribution in [2.75, 3.05) is 0 Å². The Morgan fingerprint density at radius 3 is 2.83 bits per heavy atom. The van der Waals surface area contributed by atoms with Gasteiger partial charge in [-0.1, -0.05) is 0 Å². The van der Waals surface area contributed by atoms with E-state index in [-0.39, 0.29) is 5.92 Å². The number of nitriles is 2. The topological polar surface area (TPSA) is 60.7 Å². The average Bonchev–Trinajstić information content (AvgIpc) is 2.57. The van der Waals surface area contributed by atoms with Crippen molar-refractivity contribution < 1.29 is 4.42 Å². The van der Waals surface area contributed by atoms with Crippen LogP contribution >= 0.6 is 0 Å². The fourth-order valence-electron chi connectivity index (χ4n) is 1.40. The highest BCUT2D eigenvalue weighted by atomic mass is 16.3. The second kappa shape index (κ2) is 2.12. The van der Waals surface area contributed by atoms with E-state index < -0.39 is 5.41 Å². The van der Waals surface area contributed by atoms with Gasteiger partial charge in [0.2, 0.25) is 0 Å². The van der Waals surface area contributed by atoms with E-state index in [4.69, 9.17) is 14.9 Å². The van der Waals surface area contributed by atoms with Crippen LogP contribution in [0.2, 0.25) is 0 Å². The monoisotopic (exact) mass is 158 g/mol. The van der Waals surface area contributed by atoms with E-state index in [1.54, 1.807) is 12.1 Å². The van der Waals surface area contributed by atoms with Gasteiger partial charge in [0, 0.05) is 0 Å². The summed E-state index contributed by atoms with van der Waals surface area (Å²) < 4.78 is 5.11. The summed E-state index contributed by atoms with van der Waals surface area (Å²) in [5.74, 6) is 0.435. The predicted octanol–water partition coefficient (Wildman–Crippen LogP) is 1.58. The second-order valence-electron chi connectivity index (χ2n) is 2.95. The lowest BCUT2D eigenvalue weighted by Crippen LogP contribution is -2.04. The van der Waals surface area contributed by atoms with Crippen molar-refractivity contribution in [2.24, 2.45) is 5.92 Å². The van der Waals surface area contributed by atoms with Gasteiger partial charge in [-0.05, 0) is 18.6 Å². The fourth-order valence-corrected chi connectivity index (χ4v) is 1.40. The summed E-state index contributed by atoms with van der Waals surface area (Å²) >= 11 is 0. The summed E-state index contributed by atoms with van der Waals surface area (Å²) in [7, 11) is 0. The van der Waals surface area contributed by atoms with Crippen molar-refractivity contribution in [3.8, 4) is 12.1 Å². The average molecular weight is 158 g/mol. The van der Waals surface area contributed by atoms with Crippen molar-refractivity contribution in [2.45, 2.75) is 11.8 Å². The van der Waals surface area contributed by atoms with Gasteiger partial charge in [-0.3, -0.25) is 0 Å². The van der Waals surface area contributed by atoms with Crippen molar-refractivity contribution in [1.29, 1.82) is 10.5 Å². The van der Waals surface area contributed by atoms with Gasteiger partial charge in [-0.2, -0.15) is 10.5 Å². The van der Waals surface area contributed by atoms with Crippen LogP contribution in [-0.4, -0.2) is 0 Å². The van der Waals surface area contributed by atoms with E-state index in [0.29, 0.717) is 12.2 Å². The molecule has 0 bridgehead atoms. The van der Waals surface area contributed by atoms with Crippen LogP contribution in [0.15, 0.2) is 22.8 Å². The molecule has 1 aliphatic carbocycles. The second-order valence-corrected chi connectivity index (χ2v) is 2.95. The van der Waals surface area contributed by atoms with Gasteiger partial charge in [0.15, 0.2) is 0 Å². The highest BCUT2D eigenvalue weighted by molar-refractivity contribution is 5.39. The summed E-state index contributed by atoms with van der Waals surface area (Å²) in [4.78, 5) is 0. The van der Waals surface area contributed by atoms with Gasteiger partial charge in [-0.25, -0.2) is 0 Å². The molecule has 0 N–H and O–H groups in total. The van der Waals surface area contributed by atoms with Crippen molar-refractivity contribution >= 4 is 0 Å².